The highest BCUT2D eigenvalue weighted by atomic mass is 35.5. The molecule has 22 heavy (non-hydrogen) atoms. The molecule has 4 nitrogen and oxygen atoms in total. The molecule has 1 amide bonds. The van der Waals surface area contributed by atoms with Gasteiger partial charge in [-0.2, -0.15) is 0 Å². The van der Waals surface area contributed by atoms with Crippen molar-refractivity contribution >= 4 is 64.4 Å². The Morgan fingerprint density at radius 3 is 2.91 bits per heavy atom. The van der Waals surface area contributed by atoms with Crippen molar-refractivity contribution in [3.05, 3.63) is 32.2 Å². The topological polar surface area (TPSA) is 46.9 Å². The van der Waals surface area contributed by atoms with E-state index in [4.69, 9.17) is 35.4 Å². The van der Waals surface area contributed by atoms with E-state index in [9.17, 15) is 4.79 Å². The summed E-state index contributed by atoms with van der Waals surface area (Å²) in [5, 5.41) is 8.16. The second-order valence-corrected chi connectivity index (χ2v) is 7.94. The standard InChI is InChI=1S/C13H13Cl2N3OS3/c1-2-5-16-11(19)7-21-12-17-18(13(20)22-12)8-3-4-9(14)10(15)6-8/h3-4,6H,2,5,7H2,1H3,(H,16,19). The van der Waals surface area contributed by atoms with Crippen LogP contribution in [0, 0.1) is 3.95 Å². The molecule has 9 heteroatoms. The van der Waals surface area contributed by atoms with Crippen LogP contribution in [0.5, 0.6) is 0 Å². The van der Waals surface area contributed by atoms with E-state index in [0.717, 1.165) is 16.4 Å². The molecule has 0 atom stereocenters. The van der Waals surface area contributed by atoms with E-state index in [-0.39, 0.29) is 5.91 Å². The van der Waals surface area contributed by atoms with Gasteiger partial charge < -0.3 is 5.32 Å². The van der Waals surface area contributed by atoms with Crippen molar-refractivity contribution in [2.24, 2.45) is 0 Å². The number of amides is 1. The van der Waals surface area contributed by atoms with Gasteiger partial charge in [0, 0.05) is 6.54 Å². The third kappa shape index (κ3) is 4.70. The highest BCUT2D eigenvalue weighted by Crippen LogP contribution is 2.27. The molecule has 118 valence electrons. The number of nitrogens with one attached hydrogen (secondary N) is 1. The van der Waals surface area contributed by atoms with Crippen LogP contribution in [0.3, 0.4) is 0 Å². The number of rotatable bonds is 6. The molecule has 0 spiro atoms. The number of benzene rings is 1. The first kappa shape index (κ1) is 17.7. The van der Waals surface area contributed by atoms with Crippen LogP contribution in [-0.4, -0.2) is 28.0 Å². The Bertz CT molecular complexity index is 730. The lowest BCUT2D eigenvalue weighted by Crippen LogP contribution is -2.25. The maximum absolute atomic E-state index is 11.6. The lowest BCUT2D eigenvalue weighted by atomic mass is 10.3. The van der Waals surface area contributed by atoms with E-state index in [1.807, 2.05) is 6.92 Å². The van der Waals surface area contributed by atoms with Gasteiger partial charge in [-0.25, -0.2) is 4.68 Å². The predicted molar refractivity (Wildman–Crippen MR) is 96.3 cm³/mol. The summed E-state index contributed by atoms with van der Waals surface area (Å²) in [6.45, 7) is 2.70. The maximum Gasteiger partial charge on any atom is 0.230 e. The summed E-state index contributed by atoms with van der Waals surface area (Å²) in [6.07, 6.45) is 0.918. The van der Waals surface area contributed by atoms with Gasteiger partial charge in [-0.05, 0) is 36.8 Å². The van der Waals surface area contributed by atoms with E-state index in [0.29, 0.717) is 26.3 Å². The smallest absolute Gasteiger partial charge is 0.230 e. The Balaban J connectivity index is 2.09. The van der Waals surface area contributed by atoms with Gasteiger partial charge in [0.1, 0.15) is 0 Å². The SMILES string of the molecule is CCCNC(=O)CSc1nn(-c2ccc(Cl)c(Cl)c2)c(=S)s1. The molecule has 2 aromatic rings. The minimum Gasteiger partial charge on any atom is -0.355 e. The van der Waals surface area contributed by atoms with Gasteiger partial charge in [0.25, 0.3) is 0 Å². The van der Waals surface area contributed by atoms with Crippen LogP contribution in [0.4, 0.5) is 0 Å². The number of hydrogen-bond acceptors (Lipinski definition) is 5. The predicted octanol–water partition coefficient (Wildman–Crippen LogP) is 4.59. The molecule has 1 aromatic carbocycles. The highest BCUT2D eigenvalue weighted by molar-refractivity contribution is 8.01. The van der Waals surface area contributed by atoms with E-state index in [1.165, 1.54) is 23.1 Å². The summed E-state index contributed by atoms with van der Waals surface area (Å²) in [7, 11) is 0. The molecule has 0 aliphatic rings. The van der Waals surface area contributed by atoms with Crippen molar-refractivity contribution in [2.75, 3.05) is 12.3 Å². The molecule has 2 rings (SSSR count). The second-order valence-electron chi connectivity index (χ2n) is 4.28. The Morgan fingerprint density at radius 1 is 1.45 bits per heavy atom. The van der Waals surface area contributed by atoms with Crippen molar-refractivity contribution in [3.8, 4) is 5.69 Å². The molecular weight excluding hydrogens is 381 g/mol. The summed E-state index contributed by atoms with van der Waals surface area (Å²) >= 11 is 20.0. The van der Waals surface area contributed by atoms with Crippen molar-refractivity contribution in [3.63, 3.8) is 0 Å². The molecule has 0 fully saturated rings. The van der Waals surface area contributed by atoms with Crippen LogP contribution in [0.2, 0.25) is 10.0 Å². The zero-order valence-corrected chi connectivity index (χ0v) is 15.6. The van der Waals surface area contributed by atoms with E-state index >= 15 is 0 Å². The number of aromatic nitrogens is 2. The first-order valence-electron chi connectivity index (χ1n) is 6.46. The largest absolute Gasteiger partial charge is 0.355 e. The molecule has 1 aromatic heterocycles. The molecule has 0 radical (unpaired) electrons. The molecule has 1 heterocycles. The fraction of sp³-hybridized carbons (Fsp3) is 0.308. The first-order valence-corrected chi connectivity index (χ1v) is 9.43. The lowest BCUT2D eigenvalue weighted by molar-refractivity contribution is -0.118. The molecule has 0 aliphatic carbocycles. The number of hydrogen-bond donors (Lipinski definition) is 1. The van der Waals surface area contributed by atoms with Gasteiger partial charge in [-0.1, -0.05) is 53.2 Å². The monoisotopic (exact) mass is 393 g/mol. The van der Waals surface area contributed by atoms with E-state index < -0.39 is 0 Å². The minimum atomic E-state index is -0.00550. The Hall–Kier alpha value is -0.600. The van der Waals surface area contributed by atoms with Crippen LogP contribution >= 0.6 is 58.5 Å². The Labute approximate surface area is 151 Å². The van der Waals surface area contributed by atoms with Crippen molar-refractivity contribution in [2.45, 2.75) is 17.7 Å². The average molecular weight is 394 g/mol. The maximum atomic E-state index is 11.6. The first-order chi connectivity index (χ1) is 10.5. The molecule has 0 bridgehead atoms. The summed E-state index contributed by atoms with van der Waals surface area (Å²) in [4.78, 5) is 11.6. The summed E-state index contributed by atoms with van der Waals surface area (Å²) in [5.41, 5.74) is 0.748. The quantitative estimate of drug-likeness (QED) is 0.575. The number of carbonyl (C=O) groups is 1. The van der Waals surface area contributed by atoms with Crippen LogP contribution in [-0.2, 0) is 4.79 Å². The Kier molecular flexibility index (Phi) is 6.70. The highest BCUT2D eigenvalue weighted by Gasteiger charge is 2.10. The van der Waals surface area contributed by atoms with Crippen LogP contribution in [0.25, 0.3) is 5.69 Å². The summed E-state index contributed by atoms with van der Waals surface area (Å²) < 4.78 is 2.95. The normalized spacial score (nSPS) is 10.7. The van der Waals surface area contributed by atoms with Gasteiger partial charge in [-0.3, -0.25) is 4.79 Å². The summed E-state index contributed by atoms with van der Waals surface area (Å²) in [5.74, 6) is 0.318. The third-order valence-corrected chi connectivity index (χ3v) is 5.68. The van der Waals surface area contributed by atoms with Gasteiger partial charge in [0.05, 0.1) is 21.5 Å². The fourth-order valence-corrected chi connectivity index (χ4v) is 4.03. The van der Waals surface area contributed by atoms with E-state index in [2.05, 4.69) is 10.4 Å². The lowest BCUT2D eigenvalue weighted by Gasteiger charge is -2.03. The van der Waals surface area contributed by atoms with Crippen molar-refractivity contribution < 1.29 is 4.79 Å². The average Bonchev–Trinajstić information content (AvgIpc) is 2.87. The van der Waals surface area contributed by atoms with Crippen LogP contribution in [0.15, 0.2) is 22.5 Å². The summed E-state index contributed by atoms with van der Waals surface area (Å²) in [6, 6.07) is 5.21. The molecule has 0 unspecified atom stereocenters. The molecule has 0 aliphatic heterocycles. The minimum absolute atomic E-state index is 0.00550. The number of thioether (sulfide) groups is 1. The van der Waals surface area contributed by atoms with E-state index in [1.54, 1.807) is 22.9 Å². The zero-order chi connectivity index (χ0) is 16.1. The molecule has 1 N–H and O–H groups in total. The third-order valence-electron chi connectivity index (χ3n) is 2.58. The van der Waals surface area contributed by atoms with Crippen LogP contribution in [0.1, 0.15) is 13.3 Å². The number of halogens is 2. The van der Waals surface area contributed by atoms with Gasteiger partial charge in [0.15, 0.2) is 8.29 Å². The second kappa shape index (κ2) is 8.31. The molecule has 0 saturated carbocycles. The zero-order valence-electron chi connectivity index (χ0n) is 11.6. The van der Waals surface area contributed by atoms with Crippen molar-refractivity contribution in [1.29, 1.82) is 0 Å². The molecule has 0 saturated heterocycles. The van der Waals surface area contributed by atoms with Gasteiger partial charge >= 0.3 is 0 Å². The van der Waals surface area contributed by atoms with Crippen LogP contribution < -0.4 is 5.32 Å². The van der Waals surface area contributed by atoms with Crippen molar-refractivity contribution in [1.82, 2.24) is 15.1 Å². The number of nitrogens with zero attached hydrogens (tertiary/aromatic N) is 2. The van der Waals surface area contributed by atoms with Gasteiger partial charge in [0.2, 0.25) is 5.91 Å². The molecular formula is C13H13Cl2N3OS3. The number of carbonyl (C=O) groups excluding carboxylic acids is 1. The van der Waals surface area contributed by atoms with Gasteiger partial charge in [-0.15, -0.1) is 5.10 Å². The fourth-order valence-electron chi connectivity index (χ4n) is 1.54. The Morgan fingerprint density at radius 2 is 2.23 bits per heavy atom.